The summed E-state index contributed by atoms with van der Waals surface area (Å²) in [7, 11) is 0. The first-order valence-corrected chi connectivity index (χ1v) is 6.76. The van der Waals surface area contributed by atoms with Crippen LogP contribution in [0.15, 0.2) is 24.3 Å². The summed E-state index contributed by atoms with van der Waals surface area (Å²) in [6, 6.07) is 7.34. The van der Waals surface area contributed by atoms with Crippen LogP contribution in [0.1, 0.15) is 28.8 Å². The number of aliphatic hydroxyl groups excluding tert-OH is 1. The minimum absolute atomic E-state index is 0.166. The molecule has 4 nitrogen and oxygen atoms in total. The number of hydrogen-bond donors (Lipinski definition) is 2. The van der Waals surface area contributed by atoms with Crippen LogP contribution in [-0.4, -0.2) is 36.9 Å². The Labute approximate surface area is 113 Å². The van der Waals surface area contributed by atoms with Gasteiger partial charge in [-0.2, -0.15) is 0 Å². The number of carbonyl (C=O) groups is 1. The molecule has 0 bridgehead atoms. The fraction of sp³-hybridized carbons (Fsp3) is 0.533. The standard InChI is InChI=1S/C15H21NO3/c1-11-2-6-13(7-3-11)15(18)16-8-14(17)10-19-9-12-4-5-12/h2-3,6-7,12,14,17H,4-5,8-10H2,1H3,(H,16,18). The van der Waals surface area contributed by atoms with Crippen molar-refractivity contribution in [3.63, 3.8) is 0 Å². The summed E-state index contributed by atoms with van der Waals surface area (Å²) in [5.74, 6) is 0.524. The van der Waals surface area contributed by atoms with Gasteiger partial charge in [0.2, 0.25) is 0 Å². The van der Waals surface area contributed by atoms with Gasteiger partial charge in [-0.3, -0.25) is 4.79 Å². The summed E-state index contributed by atoms with van der Waals surface area (Å²) in [6.07, 6.45) is 1.83. The number of benzene rings is 1. The van der Waals surface area contributed by atoms with Gasteiger partial charge in [-0.1, -0.05) is 17.7 Å². The molecule has 1 fully saturated rings. The van der Waals surface area contributed by atoms with E-state index in [0.29, 0.717) is 11.5 Å². The Morgan fingerprint density at radius 2 is 2.11 bits per heavy atom. The van der Waals surface area contributed by atoms with Gasteiger partial charge < -0.3 is 15.2 Å². The van der Waals surface area contributed by atoms with Gasteiger partial charge >= 0.3 is 0 Å². The highest BCUT2D eigenvalue weighted by molar-refractivity contribution is 5.94. The lowest BCUT2D eigenvalue weighted by atomic mass is 10.1. The first-order chi connectivity index (χ1) is 9.15. The average Bonchev–Trinajstić information content (AvgIpc) is 3.21. The van der Waals surface area contributed by atoms with Crippen molar-refractivity contribution in [3.8, 4) is 0 Å². The van der Waals surface area contributed by atoms with Crippen molar-refractivity contribution in [2.75, 3.05) is 19.8 Å². The molecule has 1 aromatic carbocycles. The number of amides is 1. The monoisotopic (exact) mass is 263 g/mol. The normalized spacial score (nSPS) is 16.1. The van der Waals surface area contributed by atoms with Gasteiger partial charge in [0.25, 0.3) is 5.91 Å². The number of nitrogens with one attached hydrogen (secondary N) is 1. The molecule has 1 amide bonds. The Balaban J connectivity index is 1.65. The van der Waals surface area contributed by atoms with Crippen LogP contribution in [0, 0.1) is 12.8 Å². The van der Waals surface area contributed by atoms with Gasteiger partial charge in [0.15, 0.2) is 0 Å². The predicted molar refractivity (Wildman–Crippen MR) is 73.1 cm³/mol. The maximum absolute atomic E-state index is 11.8. The second kappa shape index (κ2) is 6.68. The van der Waals surface area contributed by atoms with Crippen LogP contribution in [0.25, 0.3) is 0 Å². The molecule has 0 radical (unpaired) electrons. The van der Waals surface area contributed by atoms with Gasteiger partial charge in [0.05, 0.1) is 12.7 Å². The third kappa shape index (κ3) is 5.01. The SMILES string of the molecule is Cc1ccc(C(=O)NCC(O)COCC2CC2)cc1. The molecular formula is C15H21NO3. The molecule has 1 aliphatic rings. The van der Waals surface area contributed by atoms with E-state index in [-0.39, 0.29) is 19.1 Å². The third-order valence-corrected chi connectivity index (χ3v) is 3.17. The molecule has 2 rings (SSSR count). The maximum Gasteiger partial charge on any atom is 0.251 e. The quantitative estimate of drug-likeness (QED) is 0.784. The molecule has 0 aliphatic heterocycles. The van der Waals surface area contributed by atoms with Crippen LogP contribution >= 0.6 is 0 Å². The Bertz CT molecular complexity index is 412. The lowest BCUT2D eigenvalue weighted by Gasteiger charge is -2.12. The smallest absolute Gasteiger partial charge is 0.251 e. The molecule has 0 spiro atoms. The molecule has 1 atom stereocenters. The highest BCUT2D eigenvalue weighted by atomic mass is 16.5. The zero-order valence-electron chi connectivity index (χ0n) is 11.3. The van der Waals surface area contributed by atoms with Crippen LogP contribution in [0.3, 0.4) is 0 Å². The number of aryl methyl sites for hydroxylation is 1. The summed E-state index contributed by atoms with van der Waals surface area (Å²) >= 11 is 0. The average molecular weight is 263 g/mol. The molecule has 2 N–H and O–H groups in total. The van der Waals surface area contributed by atoms with Gasteiger partial charge in [0, 0.05) is 18.7 Å². The van der Waals surface area contributed by atoms with E-state index in [0.717, 1.165) is 12.2 Å². The van der Waals surface area contributed by atoms with E-state index < -0.39 is 6.10 Å². The minimum Gasteiger partial charge on any atom is -0.389 e. The van der Waals surface area contributed by atoms with E-state index in [9.17, 15) is 9.90 Å². The molecule has 1 saturated carbocycles. The zero-order chi connectivity index (χ0) is 13.7. The molecule has 19 heavy (non-hydrogen) atoms. The van der Waals surface area contributed by atoms with Crippen LogP contribution in [-0.2, 0) is 4.74 Å². The van der Waals surface area contributed by atoms with Crippen molar-refractivity contribution in [1.29, 1.82) is 0 Å². The molecular weight excluding hydrogens is 242 g/mol. The predicted octanol–water partition coefficient (Wildman–Crippen LogP) is 1.51. The molecule has 4 heteroatoms. The second-order valence-corrected chi connectivity index (χ2v) is 5.21. The van der Waals surface area contributed by atoms with Crippen LogP contribution in [0.2, 0.25) is 0 Å². The van der Waals surface area contributed by atoms with Gasteiger partial charge in [-0.15, -0.1) is 0 Å². The van der Waals surface area contributed by atoms with Gasteiger partial charge in [-0.05, 0) is 37.8 Å². The van der Waals surface area contributed by atoms with Crippen molar-refractivity contribution >= 4 is 5.91 Å². The van der Waals surface area contributed by atoms with E-state index in [1.807, 2.05) is 19.1 Å². The van der Waals surface area contributed by atoms with Gasteiger partial charge in [-0.25, -0.2) is 0 Å². The molecule has 1 unspecified atom stereocenters. The van der Waals surface area contributed by atoms with E-state index in [1.54, 1.807) is 12.1 Å². The van der Waals surface area contributed by atoms with E-state index in [2.05, 4.69) is 5.32 Å². The Kier molecular flexibility index (Phi) is 4.93. The second-order valence-electron chi connectivity index (χ2n) is 5.21. The number of ether oxygens (including phenoxy) is 1. The Hall–Kier alpha value is -1.39. The molecule has 1 aliphatic carbocycles. The lowest BCUT2D eigenvalue weighted by Crippen LogP contribution is -2.34. The first kappa shape index (κ1) is 14.0. The number of carbonyl (C=O) groups excluding carboxylic acids is 1. The Morgan fingerprint density at radius 3 is 2.74 bits per heavy atom. The zero-order valence-corrected chi connectivity index (χ0v) is 11.3. The summed E-state index contributed by atoms with van der Waals surface area (Å²) < 4.78 is 5.37. The topological polar surface area (TPSA) is 58.6 Å². The number of aliphatic hydroxyl groups is 1. The van der Waals surface area contributed by atoms with E-state index >= 15 is 0 Å². The van der Waals surface area contributed by atoms with E-state index in [4.69, 9.17) is 4.74 Å². The highest BCUT2D eigenvalue weighted by Gasteiger charge is 2.21. The number of rotatable bonds is 7. The summed E-state index contributed by atoms with van der Waals surface area (Å²) in [6.45, 7) is 3.20. The maximum atomic E-state index is 11.8. The summed E-state index contributed by atoms with van der Waals surface area (Å²) in [5, 5.41) is 12.4. The molecule has 104 valence electrons. The molecule has 0 aromatic heterocycles. The minimum atomic E-state index is -0.645. The summed E-state index contributed by atoms with van der Waals surface area (Å²) in [4.78, 5) is 11.8. The third-order valence-electron chi connectivity index (χ3n) is 3.17. The Morgan fingerprint density at radius 1 is 1.42 bits per heavy atom. The highest BCUT2D eigenvalue weighted by Crippen LogP contribution is 2.28. The van der Waals surface area contributed by atoms with Crippen molar-refractivity contribution < 1.29 is 14.6 Å². The van der Waals surface area contributed by atoms with E-state index in [1.165, 1.54) is 12.8 Å². The van der Waals surface area contributed by atoms with Crippen LogP contribution < -0.4 is 5.32 Å². The van der Waals surface area contributed by atoms with Crippen LogP contribution in [0.5, 0.6) is 0 Å². The fourth-order valence-corrected chi connectivity index (χ4v) is 1.73. The largest absolute Gasteiger partial charge is 0.389 e. The molecule has 1 aromatic rings. The summed E-state index contributed by atoms with van der Waals surface area (Å²) in [5.41, 5.74) is 1.72. The first-order valence-electron chi connectivity index (χ1n) is 6.76. The van der Waals surface area contributed by atoms with Gasteiger partial charge in [0.1, 0.15) is 0 Å². The van der Waals surface area contributed by atoms with Crippen molar-refractivity contribution in [3.05, 3.63) is 35.4 Å². The molecule has 0 heterocycles. The van der Waals surface area contributed by atoms with Crippen molar-refractivity contribution in [1.82, 2.24) is 5.32 Å². The van der Waals surface area contributed by atoms with Crippen molar-refractivity contribution in [2.45, 2.75) is 25.9 Å². The van der Waals surface area contributed by atoms with Crippen LogP contribution in [0.4, 0.5) is 0 Å². The lowest BCUT2D eigenvalue weighted by molar-refractivity contribution is 0.0320. The molecule has 0 saturated heterocycles. The fourth-order valence-electron chi connectivity index (χ4n) is 1.73. The van der Waals surface area contributed by atoms with Crippen molar-refractivity contribution in [2.24, 2.45) is 5.92 Å². The number of hydrogen-bond acceptors (Lipinski definition) is 3.